The summed E-state index contributed by atoms with van der Waals surface area (Å²) in [5.74, 6) is -5.71. The number of carboxylic acids is 2. The van der Waals surface area contributed by atoms with Gasteiger partial charge in [-0.05, 0) is 41.7 Å². The van der Waals surface area contributed by atoms with Crippen LogP contribution < -0.4 is 21.7 Å². The summed E-state index contributed by atoms with van der Waals surface area (Å²) in [6.45, 7) is 3.13. The number of amides is 3. The van der Waals surface area contributed by atoms with Crippen LogP contribution in [0.1, 0.15) is 31.4 Å². The molecule has 3 aromatic rings. The molecule has 0 aliphatic rings. The number of rotatable bonds is 14. The SMILES string of the molecule is CC(C)C(NC(=O)C(CC(=O)O)NC(=O)C(Cc1c[nH]c2ccccc12)NC(=O)C(N)Cc1ccc(O)cc1)C(=O)O. The fourth-order valence-corrected chi connectivity index (χ4v) is 4.41. The standard InChI is InChI=1S/C29H35N5O8/c1-15(2)25(29(41)42)34-28(40)23(13-24(36)37)33-27(39)22(12-17-14-31-21-6-4-3-5-19(17)21)32-26(38)20(30)11-16-7-9-18(35)10-8-16/h3-10,14-15,20,22-23,25,31,35H,11-13,30H2,1-2H3,(H,32,38)(H,33,39)(H,34,40)(H,36,37)(H,41,42). The van der Waals surface area contributed by atoms with Crippen molar-refractivity contribution in [1.82, 2.24) is 20.9 Å². The topological polar surface area (TPSA) is 224 Å². The Bertz CT molecular complexity index is 1440. The predicted octanol–water partition coefficient (Wildman–Crippen LogP) is 0.656. The van der Waals surface area contributed by atoms with Crippen LogP contribution in [0.2, 0.25) is 0 Å². The maximum absolute atomic E-state index is 13.5. The van der Waals surface area contributed by atoms with E-state index in [0.29, 0.717) is 11.1 Å². The molecule has 42 heavy (non-hydrogen) atoms. The molecule has 0 radical (unpaired) electrons. The summed E-state index contributed by atoms with van der Waals surface area (Å²) in [6.07, 6.45) is 0.924. The van der Waals surface area contributed by atoms with E-state index >= 15 is 0 Å². The average molecular weight is 582 g/mol. The van der Waals surface area contributed by atoms with Gasteiger partial charge in [-0.1, -0.05) is 44.2 Å². The van der Waals surface area contributed by atoms with Gasteiger partial charge in [0.25, 0.3) is 0 Å². The summed E-state index contributed by atoms with van der Waals surface area (Å²) in [4.78, 5) is 65.7. The Balaban J connectivity index is 1.84. The first-order valence-electron chi connectivity index (χ1n) is 13.3. The molecule has 1 heterocycles. The molecule has 1 aromatic heterocycles. The molecule has 3 rings (SSSR count). The lowest BCUT2D eigenvalue weighted by Gasteiger charge is -2.25. The second kappa shape index (κ2) is 14.1. The van der Waals surface area contributed by atoms with Gasteiger partial charge >= 0.3 is 11.9 Å². The predicted molar refractivity (Wildman–Crippen MR) is 152 cm³/mol. The number of aromatic hydroxyl groups is 1. The van der Waals surface area contributed by atoms with Gasteiger partial charge in [-0.2, -0.15) is 0 Å². The van der Waals surface area contributed by atoms with Crippen LogP contribution in [0, 0.1) is 5.92 Å². The Hall–Kier alpha value is -4.91. The maximum atomic E-state index is 13.5. The first-order chi connectivity index (χ1) is 19.8. The Morgan fingerprint density at radius 3 is 2.07 bits per heavy atom. The van der Waals surface area contributed by atoms with E-state index in [1.165, 1.54) is 12.1 Å². The van der Waals surface area contributed by atoms with Gasteiger partial charge in [0.2, 0.25) is 17.7 Å². The number of H-pyrrole nitrogens is 1. The molecule has 13 nitrogen and oxygen atoms in total. The molecule has 0 saturated carbocycles. The quantitative estimate of drug-likeness (QED) is 0.134. The van der Waals surface area contributed by atoms with E-state index in [4.69, 9.17) is 5.73 Å². The molecule has 2 aromatic carbocycles. The third-order valence-corrected chi connectivity index (χ3v) is 6.70. The van der Waals surface area contributed by atoms with Crippen molar-refractivity contribution in [2.24, 2.45) is 11.7 Å². The van der Waals surface area contributed by atoms with E-state index in [2.05, 4.69) is 20.9 Å². The second-order valence-electron chi connectivity index (χ2n) is 10.3. The third kappa shape index (κ3) is 8.54. The summed E-state index contributed by atoms with van der Waals surface area (Å²) in [6, 6.07) is 8.13. The van der Waals surface area contributed by atoms with Crippen LogP contribution >= 0.6 is 0 Å². The van der Waals surface area contributed by atoms with E-state index in [1.54, 1.807) is 32.2 Å². The van der Waals surface area contributed by atoms with E-state index in [-0.39, 0.29) is 18.6 Å². The lowest BCUT2D eigenvalue weighted by Crippen LogP contribution is -2.58. The summed E-state index contributed by atoms with van der Waals surface area (Å²) >= 11 is 0. The molecule has 0 spiro atoms. The highest BCUT2D eigenvalue weighted by Crippen LogP contribution is 2.19. The Morgan fingerprint density at radius 1 is 0.833 bits per heavy atom. The summed E-state index contributed by atoms with van der Waals surface area (Å²) < 4.78 is 0. The van der Waals surface area contributed by atoms with Crippen LogP contribution in [-0.4, -0.2) is 74.1 Å². The van der Waals surface area contributed by atoms with Crippen LogP contribution in [0.15, 0.2) is 54.7 Å². The largest absolute Gasteiger partial charge is 0.508 e. The van der Waals surface area contributed by atoms with Crippen molar-refractivity contribution in [3.8, 4) is 5.75 Å². The Labute approximate surface area is 241 Å². The van der Waals surface area contributed by atoms with Crippen LogP contribution in [0.5, 0.6) is 5.75 Å². The number of fused-ring (bicyclic) bond motifs is 1. The normalized spacial score (nSPS) is 14.0. The summed E-state index contributed by atoms with van der Waals surface area (Å²) in [5.41, 5.74) is 8.25. The zero-order chi connectivity index (χ0) is 31.0. The molecule has 0 saturated heterocycles. The smallest absolute Gasteiger partial charge is 0.326 e. The molecule has 9 N–H and O–H groups in total. The molecule has 4 atom stereocenters. The van der Waals surface area contributed by atoms with Gasteiger partial charge < -0.3 is 42.0 Å². The number of nitrogens with one attached hydrogen (secondary N) is 4. The minimum absolute atomic E-state index is 0.0291. The zero-order valence-corrected chi connectivity index (χ0v) is 23.2. The average Bonchev–Trinajstić information content (AvgIpc) is 3.34. The van der Waals surface area contributed by atoms with Crippen molar-refractivity contribution in [3.63, 3.8) is 0 Å². The second-order valence-corrected chi connectivity index (χ2v) is 10.3. The molecule has 3 amide bonds. The number of aromatic amines is 1. The van der Waals surface area contributed by atoms with Crippen LogP contribution in [0.25, 0.3) is 10.9 Å². The number of nitrogens with two attached hydrogens (primary N) is 1. The van der Waals surface area contributed by atoms with E-state index in [9.17, 15) is 39.3 Å². The highest BCUT2D eigenvalue weighted by molar-refractivity contribution is 5.96. The van der Waals surface area contributed by atoms with Gasteiger partial charge in [0.1, 0.15) is 23.9 Å². The summed E-state index contributed by atoms with van der Waals surface area (Å²) in [5, 5.41) is 36.4. The lowest BCUT2D eigenvalue weighted by molar-refractivity contribution is -0.144. The van der Waals surface area contributed by atoms with Crippen molar-refractivity contribution in [3.05, 3.63) is 65.9 Å². The van der Waals surface area contributed by atoms with Crippen molar-refractivity contribution < 1.29 is 39.3 Å². The number of phenolic OH excluding ortho intramolecular Hbond substituents is 1. The molecule has 0 fully saturated rings. The number of carboxylic acid groups (broad SMARTS) is 2. The molecule has 13 heteroatoms. The molecular formula is C29H35N5O8. The number of carbonyl (C=O) groups is 5. The molecular weight excluding hydrogens is 546 g/mol. The van der Waals surface area contributed by atoms with Crippen LogP contribution in [0.4, 0.5) is 0 Å². The zero-order valence-electron chi connectivity index (χ0n) is 23.2. The highest BCUT2D eigenvalue weighted by Gasteiger charge is 2.33. The van der Waals surface area contributed by atoms with Gasteiger partial charge in [-0.15, -0.1) is 0 Å². The van der Waals surface area contributed by atoms with Crippen molar-refractivity contribution >= 4 is 40.6 Å². The van der Waals surface area contributed by atoms with Gasteiger partial charge in [0.05, 0.1) is 12.5 Å². The number of carbonyl (C=O) groups excluding carboxylic acids is 3. The minimum atomic E-state index is -1.62. The number of aliphatic carboxylic acids is 2. The Morgan fingerprint density at radius 2 is 1.45 bits per heavy atom. The Kier molecular flexibility index (Phi) is 10.6. The van der Waals surface area contributed by atoms with Gasteiger partial charge in [0.15, 0.2) is 0 Å². The van der Waals surface area contributed by atoms with Gasteiger partial charge in [-0.25, -0.2) is 4.79 Å². The monoisotopic (exact) mass is 581 g/mol. The first-order valence-corrected chi connectivity index (χ1v) is 13.3. The van der Waals surface area contributed by atoms with Gasteiger partial charge in [-0.3, -0.25) is 19.2 Å². The number of aromatic nitrogens is 1. The van der Waals surface area contributed by atoms with E-state index < -0.39 is 66.2 Å². The molecule has 224 valence electrons. The molecule has 0 aliphatic carbocycles. The molecule has 4 unspecified atom stereocenters. The van der Waals surface area contributed by atoms with Crippen molar-refractivity contribution in [2.75, 3.05) is 0 Å². The summed E-state index contributed by atoms with van der Waals surface area (Å²) in [7, 11) is 0. The maximum Gasteiger partial charge on any atom is 0.326 e. The molecule has 0 aliphatic heterocycles. The number of hydrogen-bond acceptors (Lipinski definition) is 7. The lowest BCUT2D eigenvalue weighted by atomic mass is 10.0. The van der Waals surface area contributed by atoms with Crippen LogP contribution in [0.3, 0.4) is 0 Å². The van der Waals surface area contributed by atoms with Crippen LogP contribution in [-0.2, 0) is 36.8 Å². The number of para-hydroxylation sites is 1. The van der Waals surface area contributed by atoms with Crippen molar-refractivity contribution in [2.45, 2.75) is 57.3 Å². The minimum Gasteiger partial charge on any atom is -0.508 e. The van der Waals surface area contributed by atoms with Crippen molar-refractivity contribution in [1.29, 1.82) is 0 Å². The van der Waals surface area contributed by atoms with E-state index in [0.717, 1.165) is 10.9 Å². The first kappa shape index (κ1) is 31.6. The number of phenols is 1. The third-order valence-electron chi connectivity index (χ3n) is 6.70. The fourth-order valence-electron chi connectivity index (χ4n) is 4.41. The fraction of sp³-hybridized carbons (Fsp3) is 0.345. The highest BCUT2D eigenvalue weighted by atomic mass is 16.4. The number of hydrogen-bond donors (Lipinski definition) is 8. The van der Waals surface area contributed by atoms with Gasteiger partial charge in [0, 0.05) is 23.5 Å². The molecule has 0 bridgehead atoms. The number of benzene rings is 2. The van der Waals surface area contributed by atoms with E-state index in [1.807, 2.05) is 24.3 Å².